The van der Waals surface area contributed by atoms with Gasteiger partial charge in [-0.05, 0) is 70.0 Å². The van der Waals surface area contributed by atoms with Gasteiger partial charge in [-0.3, -0.25) is 4.31 Å². The van der Waals surface area contributed by atoms with E-state index in [9.17, 15) is 16.8 Å². The number of hydrogen-bond donors (Lipinski definition) is 0. The molecule has 3 rings (SSSR count). The lowest BCUT2D eigenvalue weighted by molar-refractivity contribution is 0.346. The molecule has 0 spiro atoms. The monoisotopic (exact) mass is 436 g/mol. The lowest BCUT2D eigenvalue weighted by Gasteiger charge is -2.29. The normalized spacial score (nSPS) is 16.1. The largest absolute Gasteiger partial charge is 0.264 e. The molecule has 0 bridgehead atoms. The van der Waals surface area contributed by atoms with Gasteiger partial charge in [0, 0.05) is 19.1 Å². The summed E-state index contributed by atoms with van der Waals surface area (Å²) in [7, 11) is -7.42. The van der Waals surface area contributed by atoms with E-state index in [0.717, 1.165) is 24.8 Å². The molecule has 0 aromatic heterocycles. The quantitative estimate of drug-likeness (QED) is 0.691. The SMILES string of the molecule is Cc1ccc(N(C(C)C)S(=O)(=O)c2ccc(S(=O)(=O)N3CCCCC3)cc2)cc1. The summed E-state index contributed by atoms with van der Waals surface area (Å²) in [5.41, 5.74) is 1.62. The van der Waals surface area contributed by atoms with Crippen LogP contribution < -0.4 is 4.31 Å². The van der Waals surface area contributed by atoms with E-state index in [-0.39, 0.29) is 15.8 Å². The highest BCUT2D eigenvalue weighted by molar-refractivity contribution is 7.93. The van der Waals surface area contributed by atoms with Crippen LogP contribution in [0.2, 0.25) is 0 Å². The molecule has 0 radical (unpaired) electrons. The molecule has 1 saturated heterocycles. The van der Waals surface area contributed by atoms with Crippen molar-refractivity contribution in [3.05, 3.63) is 54.1 Å². The van der Waals surface area contributed by atoms with Crippen molar-refractivity contribution >= 4 is 25.7 Å². The first-order chi connectivity index (χ1) is 13.6. The summed E-state index contributed by atoms with van der Waals surface area (Å²) >= 11 is 0. The molecule has 0 aliphatic carbocycles. The maximum absolute atomic E-state index is 13.3. The number of benzene rings is 2. The van der Waals surface area contributed by atoms with E-state index in [1.165, 1.54) is 32.9 Å². The third-order valence-electron chi connectivity index (χ3n) is 5.09. The Bertz CT molecular complexity index is 1040. The fraction of sp³-hybridized carbons (Fsp3) is 0.429. The lowest BCUT2D eigenvalue weighted by atomic mass is 10.2. The van der Waals surface area contributed by atoms with Gasteiger partial charge in [-0.15, -0.1) is 0 Å². The van der Waals surface area contributed by atoms with E-state index in [0.29, 0.717) is 18.8 Å². The van der Waals surface area contributed by atoms with Gasteiger partial charge in [0.25, 0.3) is 10.0 Å². The van der Waals surface area contributed by atoms with Gasteiger partial charge in [-0.1, -0.05) is 24.1 Å². The topological polar surface area (TPSA) is 74.8 Å². The predicted octanol–water partition coefficient (Wildman–Crippen LogP) is 3.77. The van der Waals surface area contributed by atoms with Crippen LogP contribution in [0.3, 0.4) is 0 Å². The highest BCUT2D eigenvalue weighted by Crippen LogP contribution is 2.28. The second kappa shape index (κ2) is 8.45. The molecule has 0 N–H and O–H groups in total. The fourth-order valence-corrected chi connectivity index (χ4v) is 6.74. The molecular formula is C21H28N2O4S2. The van der Waals surface area contributed by atoms with E-state index in [1.807, 2.05) is 32.9 Å². The first-order valence-electron chi connectivity index (χ1n) is 9.85. The van der Waals surface area contributed by atoms with Gasteiger partial charge in [0.05, 0.1) is 15.5 Å². The van der Waals surface area contributed by atoms with Crippen molar-refractivity contribution < 1.29 is 16.8 Å². The summed E-state index contributed by atoms with van der Waals surface area (Å²) in [6.07, 6.45) is 2.74. The molecule has 2 aromatic rings. The standard InChI is InChI=1S/C21H28N2O4S2/c1-17(2)23(19-9-7-18(3)8-10-19)29(26,27)21-13-11-20(12-14-21)28(24,25)22-15-5-4-6-16-22/h7-14,17H,4-6,15-16H2,1-3H3. The molecular weight excluding hydrogens is 408 g/mol. The summed E-state index contributed by atoms with van der Waals surface area (Å²) in [6.45, 7) is 6.59. The average molecular weight is 437 g/mol. The molecule has 8 heteroatoms. The molecule has 29 heavy (non-hydrogen) atoms. The van der Waals surface area contributed by atoms with Crippen molar-refractivity contribution in [2.24, 2.45) is 0 Å². The van der Waals surface area contributed by atoms with Crippen LogP contribution in [0.4, 0.5) is 5.69 Å². The molecule has 2 aromatic carbocycles. The van der Waals surface area contributed by atoms with Gasteiger partial charge in [0.2, 0.25) is 10.0 Å². The molecule has 6 nitrogen and oxygen atoms in total. The third-order valence-corrected chi connectivity index (χ3v) is 9.02. The molecule has 1 heterocycles. The van der Waals surface area contributed by atoms with Gasteiger partial charge in [-0.2, -0.15) is 4.31 Å². The Kier molecular flexibility index (Phi) is 6.36. The molecule has 0 unspecified atom stereocenters. The van der Waals surface area contributed by atoms with Crippen LogP contribution in [-0.2, 0) is 20.0 Å². The van der Waals surface area contributed by atoms with E-state index in [1.54, 1.807) is 12.1 Å². The van der Waals surface area contributed by atoms with Gasteiger partial charge < -0.3 is 0 Å². The van der Waals surface area contributed by atoms with Crippen LogP contribution >= 0.6 is 0 Å². The first kappa shape index (κ1) is 21.8. The second-order valence-electron chi connectivity index (χ2n) is 7.67. The maximum atomic E-state index is 13.3. The van der Waals surface area contributed by atoms with Gasteiger partial charge in [0.15, 0.2) is 0 Å². The zero-order valence-electron chi connectivity index (χ0n) is 17.1. The van der Waals surface area contributed by atoms with Crippen LogP contribution in [0.15, 0.2) is 58.3 Å². The van der Waals surface area contributed by atoms with Crippen molar-refractivity contribution in [3.8, 4) is 0 Å². The molecule has 1 aliphatic rings. The number of aryl methyl sites for hydroxylation is 1. The number of rotatable bonds is 6. The minimum Gasteiger partial charge on any atom is -0.264 e. The molecule has 0 amide bonds. The van der Waals surface area contributed by atoms with Crippen molar-refractivity contribution in [2.45, 2.75) is 55.9 Å². The van der Waals surface area contributed by atoms with Crippen LogP contribution in [0, 0.1) is 6.92 Å². The van der Waals surface area contributed by atoms with Crippen molar-refractivity contribution in [1.29, 1.82) is 0 Å². The van der Waals surface area contributed by atoms with Crippen LogP contribution in [0.25, 0.3) is 0 Å². The zero-order valence-corrected chi connectivity index (χ0v) is 18.7. The summed E-state index contributed by atoms with van der Waals surface area (Å²) in [5, 5.41) is 0. The van der Waals surface area contributed by atoms with E-state index >= 15 is 0 Å². The molecule has 158 valence electrons. The highest BCUT2D eigenvalue weighted by atomic mass is 32.2. The van der Waals surface area contributed by atoms with Crippen molar-refractivity contribution in [3.63, 3.8) is 0 Å². The second-order valence-corrected chi connectivity index (χ2v) is 11.4. The van der Waals surface area contributed by atoms with Crippen molar-refractivity contribution in [2.75, 3.05) is 17.4 Å². The Hall–Kier alpha value is -1.90. The third kappa shape index (κ3) is 4.49. The number of nitrogens with zero attached hydrogens (tertiary/aromatic N) is 2. The van der Waals surface area contributed by atoms with Crippen LogP contribution in [-0.4, -0.2) is 40.3 Å². The smallest absolute Gasteiger partial charge is 0.264 e. The minimum absolute atomic E-state index is 0.0735. The van der Waals surface area contributed by atoms with Crippen LogP contribution in [0.5, 0.6) is 0 Å². The summed E-state index contributed by atoms with van der Waals surface area (Å²) in [4.78, 5) is 0.203. The first-order valence-corrected chi connectivity index (χ1v) is 12.7. The Morgan fingerprint density at radius 3 is 1.83 bits per heavy atom. The van der Waals surface area contributed by atoms with E-state index < -0.39 is 20.0 Å². The van der Waals surface area contributed by atoms with Gasteiger partial charge in [-0.25, -0.2) is 16.8 Å². The summed E-state index contributed by atoms with van der Waals surface area (Å²) < 4.78 is 55.0. The number of piperidine rings is 1. The van der Waals surface area contributed by atoms with Crippen molar-refractivity contribution in [1.82, 2.24) is 4.31 Å². The molecule has 0 saturated carbocycles. The van der Waals surface area contributed by atoms with Gasteiger partial charge >= 0.3 is 0 Å². The number of sulfonamides is 2. The Morgan fingerprint density at radius 1 is 0.793 bits per heavy atom. The van der Waals surface area contributed by atoms with Crippen LogP contribution in [0.1, 0.15) is 38.7 Å². The van der Waals surface area contributed by atoms with Gasteiger partial charge in [0.1, 0.15) is 0 Å². The minimum atomic E-state index is -3.83. The maximum Gasteiger partial charge on any atom is 0.264 e. The Labute approximate surface area is 174 Å². The number of hydrogen-bond acceptors (Lipinski definition) is 4. The molecule has 1 fully saturated rings. The molecule has 1 aliphatic heterocycles. The fourth-order valence-electron chi connectivity index (χ4n) is 3.56. The number of anilines is 1. The highest BCUT2D eigenvalue weighted by Gasteiger charge is 2.29. The Morgan fingerprint density at radius 2 is 1.31 bits per heavy atom. The lowest BCUT2D eigenvalue weighted by Crippen LogP contribution is -2.37. The predicted molar refractivity (Wildman–Crippen MR) is 115 cm³/mol. The average Bonchev–Trinajstić information content (AvgIpc) is 2.70. The summed E-state index contributed by atoms with van der Waals surface area (Å²) in [5.74, 6) is 0. The van der Waals surface area contributed by atoms with E-state index in [4.69, 9.17) is 0 Å². The van der Waals surface area contributed by atoms with E-state index in [2.05, 4.69) is 0 Å². The molecule has 0 atom stereocenters. The zero-order chi connectivity index (χ0) is 21.2. The Balaban J connectivity index is 1.93. The summed E-state index contributed by atoms with van der Waals surface area (Å²) in [6, 6.07) is 12.6.